The molecule has 1 unspecified atom stereocenters. The van der Waals surface area contributed by atoms with E-state index in [9.17, 15) is 4.79 Å². The van der Waals surface area contributed by atoms with E-state index in [1.165, 1.54) is 16.8 Å². The summed E-state index contributed by atoms with van der Waals surface area (Å²) in [7, 11) is 0. The zero-order valence-corrected chi connectivity index (χ0v) is 17.1. The Bertz CT molecular complexity index is 1020. The van der Waals surface area contributed by atoms with Crippen molar-refractivity contribution in [2.24, 2.45) is 0 Å². The summed E-state index contributed by atoms with van der Waals surface area (Å²) in [5.41, 5.74) is 5.93. The molecule has 4 heteroatoms. The predicted molar refractivity (Wildman–Crippen MR) is 122 cm³/mol. The molecule has 30 heavy (non-hydrogen) atoms. The van der Waals surface area contributed by atoms with Crippen molar-refractivity contribution in [3.63, 3.8) is 0 Å². The summed E-state index contributed by atoms with van der Waals surface area (Å²) < 4.78 is 0. The summed E-state index contributed by atoms with van der Waals surface area (Å²) in [6.45, 7) is 3.50. The summed E-state index contributed by atoms with van der Waals surface area (Å²) in [4.78, 5) is 17.3. The Hall–Kier alpha value is -3.27. The molecular formula is C26H27N3O. The third-order valence-corrected chi connectivity index (χ3v) is 6.23. The second kappa shape index (κ2) is 8.23. The van der Waals surface area contributed by atoms with Crippen LogP contribution >= 0.6 is 0 Å². The maximum atomic E-state index is 13.0. The molecular weight excluding hydrogens is 370 g/mol. The molecule has 0 aliphatic carbocycles. The zero-order valence-electron chi connectivity index (χ0n) is 17.1. The lowest BCUT2D eigenvalue weighted by atomic mass is 9.99. The van der Waals surface area contributed by atoms with E-state index in [4.69, 9.17) is 0 Å². The molecule has 0 radical (unpaired) electrons. The van der Waals surface area contributed by atoms with Gasteiger partial charge in [0.05, 0.1) is 0 Å². The van der Waals surface area contributed by atoms with Gasteiger partial charge in [0.15, 0.2) is 0 Å². The molecule has 152 valence electrons. The number of likely N-dealkylation sites (tertiary alicyclic amines) is 1. The molecule has 2 heterocycles. The Morgan fingerprint density at radius 2 is 1.57 bits per heavy atom. The fourth-order valence-corrected chi connectivity index (χ4v) is 4.55. The van der Waals surface area contributed by atoms with Crippen molar-refractivity contribution in [1.82, 2.24) is 4.90 Å². The fourth-order valence-electron chi connectivity index (χ4n) is 4.55. The van der Waals surface area contributed by atoms with Gasteiger partial charge >= 0.3 is 0 Å². The van der Waals surface area contributed by atoms with Gasteiger partial charge in [-0.05, 0) is 60.4 Å². The van der Waals surface area contributed by atoms with E-state index in [0.717, 1.165) is 50.3 Å². The SMILES string of the molecule is O=C(c1ccc(N2CCc3ccccc3C2)cc1)N1CCC(Nc2ccccc2)C1. The van der Waals surface area contributed by atoms with Crippen molar-refractivity contribution >= 4 is 17.3 Å². The van der Waals surface area contributed by atoms with Gasteiger partial charge in [-0.1, -0.05) is 42.5 Å². The van der Waals surface area contributed by atoms with Crippen molar-refractivity contribution in [2.45, 2.75) is 25.4 Å². The average molecular weight is 398 g/mol. The van der Waals surface area contributed by atoms with E-state index in [1.54, 1.807) is 0 Å². The van der Waals surface area contributed by atoms with Gasteiger partial charge in [0.25, 0.3) is 5.91 Å². The fraction of sp³-hybridized carbons (Fsp3) is 0.269. The van der Waals surface area contributed by atoms with E-state index in [0.29, 0.717) is 6.04 Å². The highest BCUT2D eigenvalue weighted by atomic mass is 16.2. The first kappa shape index (κ1) is 18.7. The minimum Gasteiger partial charge on any atom is -0.380 e. The largest absolute Gasteiger partial charge is 0.380 e. The molecule has 1 fully saturated rings. The Labute approximate surface area is 178 Å². The monoisotopic (exact) mass is 397 g/mol. The lowest BCUT2D eigenvalue weighted by Gasteiger charge is -2.31. The number of carbonyl (C=O) groups is 1. The van der Waals surface area contributed by atoms with E-state index in [1.807, 2.05) is 35.2 Å². The van der Waals surface area contributed by atoms with E-state index in [-0.39, 0.29) is 5.91 Å². The highest BCUT2D eigenvalue weighted by Crippen LogP contribution is 2.25. The lowest BCUT2D eigenvalue weighted by molar-refractivity contribution is 0.0791. The Morgan fingerprint density at radius 3 is 2.37 bits per heavy atom. The quantitative estimate of drug-likeness (QED) is 0.700. The summed E-state index contributed by atoms with van der Waals surface area (Å²) >= 11 is 0. The first-order valence-corrected chi connectivity index (χ1v) is 10.8. The second-order valence-corrected chi connectivity index (χ2v) is 8.23. The molecule has 1 saturated heterocycles. The number of benzene rings is 3. The molecule has 5 rings (SSSR count). The molecule has 3 aromatic rings. The second-order valence-electron chi connectivity index (χ2n) is 8.23. The molecule has 0 spiro atoms. The van der Waals surface area contributed by atoms with Gasteiger partial charge in [0.2, 0.25) is 0 Å². The van der Waals surface area contributed by atoms with Gasteiger partial charge in [0, 0.05) is 49.2 Å². The summed E-state index contributed by atoms with van der Waals surface area (Å²) in [5.74, 6) is 0.128. The van der Waals surface area contributed by atoms with Crippen LogP contribution in [0.1, 0.15) is 27.9 Å². The number of amides is 1. The highest BCUT2D eigenvalue weighted by molar-refractivity contribution is 5.94. The molecule has 1 atom stereocenters. The van der Waals surface area contributed by atoms with Gasteiger partial charge in [-0.3, -0.25) is 4.79 Å². The minimum atomic E-state index is 0.128. The maximum absolute atomic E-state index is 13.0. The molecule has 0 bridgehead atoms. The summed E-state index contributed by atoms with van der Waals surface area (Å²) in [5, 5.41) is 3.54. The third-order valence-electron chi connectivity index (χ3n) is 6.23. The van der Waals surface area contributed by atoms with Crippen LogP contribution in [0.3, 0.4) is 0 Å². The lowest BCUT2D eigenvalue weighted by Crippen LogP contribution is -2.32. The molecule has 1 amide bonds. The van der Waals surface area contributed by atoms with Gasteiger partial charge in [-0.2, -0.15) is 0 Å². The van der Waals surface area contributed by atoms with Crippen molar-refractivity contribution in [2.75, 3.05) is 29.9 Å². The van der Waals surface area contributed by atoms with E-state index < -0.39 is 0 Å². The number of nitrogens with zero attached hydrogens (tertiary/aromatic N) is 2. The van der Waals surface area contributed by atoms with E-state index in [2.05, 4.69) is 58.7 Å². The van der Waals surface area contributed by atoms with Crippen molar-refractivity contribution in [3.05, 3.63) is 95.6 Å². The molecule has 3 aromatic carbocycles. The Morgan fingerprint density at radius 1 is 0.833 bits per heavy atom. The third kappa shape index (κ3) is 3.90. The zero-order chi connectivity index (χ0) is 20.3. The Kier molecular flexibility index (Phi) is 5.14. The molecule has 4 nitrogen and oxygen atoms in total. The first-order chi connectivity index (χ1) is 14.8. The van der Waals surface area contributed by atoms with Crippen molar-refractivity contribution in [1.29, 1.82) is 0 Å². The number of nitrogens with one attached hydrogen (secondary N) is 1. The van der Waals surface area contributed by atoms with Crippen LogP contribution in [0.2, 0.25) is 0 Å². The van der Waals surface area contributed by atoms with Gasteiger partial charge < -0.3 is 15.1 Å². The van der Waals surface area contributed by atoms with E-state index >= 15 is 0 Å². The number of para-hydroxylation sites is 1. The number of carbonyl (C=O) groups excluding carboxylic acids is 1. The van der Waals surface area contributed by atoms with Crippen LogP contribution in [-0.2, 0) is 13.0 Å². The summed E-state index contributed by atoms with van der Waals surface area (Å²) in [6.07, 6.45) is 2.05. The normalized spacial score (nSPS) is 18.2. The standard InChI is InChI=1S/C26H27N3O/c30-26(29-17-15-24(19-29)27-23-8-2-1-3-9-23)21-10-12-25(13-11-21)28-16-14-20-6-4-5-7-22(20)18-28/h1-13,24,27H,14-19H2. The van der Waals surface area contributed by atoms with Crippen molar-refractivity contribution < 1.29 is 4.79 Å². The van der Waals surface area contributed by atoms with Crippen LogP contribution in [-0.4, -0.2) is 36.5 Å². The van der Waals surface area contributed by atoms with Crippen LogP contribution in [0.25, 0.3) is 0 Å². The minimum absolute atomic E-state index is 0.128. The maximum Gasteiger partial charge on any atom is 0.253 e. The van der Waals surface area contributed by atoms with Crippen molar-refractivity contribution in [3.8, 4) is 0 Å². The molecule has 2 aliphatic rings. The smallest absolute Gasteiger partial charge is 0.253 e. The Balaban J connectivity index is 1.21. The average Bonchev–Trinajstić information content (AvgIpc) is 3.27. The number of hydrogen-bond donors (Lipinski definition) is 1. The van der Waals surface area contributed by atoms with Crippen LogP contribution in [0.5, 0.6) is 0 Å². The number of rotatable bonds is 4. The van der Waals surface area contributed by atoms with Gasteiger partial charge in [-0.25, -0.2) is 0 Å². The van der Waals surface area contributed by atoms with Gasteiger partial charge in [0.1, 0.15) is 0 Å². The van der Waals surface area contributed by atoms with Crippen LogP contribution in [0.15, 0.2) is 78.9 Å². The number of anilines is 2. The molecule has 0 aromatic heterocycles. The topological polar surface area (TPSA) is 35.6 Å². The predicted octanol–water partition coefficient (Wildman–Crippen LogP) is 4.58. The van der Waals surface area contributed by atoms with Crippen LogP contribution < -0.4 is 10.2 Å². The number of fused-ring (bicyclic) bond motifs is 1. The van der Waals surface area contributed by atoms with Gasteiger partial charge in [-0.15, -0.1) is 0 Å². The van der Waals surface area contributed by atoms with Crippen LogP contribution in [0.4, 0.5) is 11.4 Å². The molecule has 2 aliphatic heterocycles. The molecule has 0 saturated carbocycles. The number of hydrogen-bond acceptors (Lipinski definition) is 3. The summed E-state index contributed by atoms with van der Waals surface area (Å²) in [6, 6.07) is 27.4. The van der Waals surface area contributed by atoms with Crippen LogP contribution in [0, 0.1) is 0 Å². The first-order valence-electron chi connectivity index (χ1n) is 10.8. The highest BCUT2D eigenvalue weighted by Gasteiger charge is 2.27. The molecule has 1 N–H and O–H groups in total.